The van der Waals surface area contributed by atoms with E-state index in [4.69, 9.17) is 10.5 Å². The van der Waals surface area contributed by atoms with Gasteiger partial charge in [0.05, 0.1) is 0 Å². The van der Waals surface area contributed by atoms with Gasteiger partial charge in [-0.3, -0.25) is 4.79 Å². The van der Waals surface area contributed by atoms with E-state index < -0.39 is 6.23 Å². The Labute approximate surface area is 88.4 Å². The maximum absolute atomic E-state index is 11.1. The molecule has 0 bridgehead atoms. The Morgan fingerprint density at radius 3 is 3.00 bits per heavy atom. The van der Waals surface area contributed by atoms with E-state index in [0.717, 1.165) is 23.2 Å². The van der Waals surface area contributed by atoms with E-state index in [1.807, 2.05) is 18.2 Å². The van der Waals surface area contributed by atoms with Crippen LogP contribution in [0.4, 0.5) is 5.69 Å². The molecule has 0 saturated carbocycles. The van der Waals surface area contributed by atoms with E-state index in [2.05, 4.69) is 5.32 Å². The van der Waals surface area contributed by atoms with Gasteiger partial charge in [-0.05, 0) is 29.7 Å². The van der Waals surface area contributed by atoms with Crippen molar-refractivity contribution in [1.82, 2.24) is 0 Å². The van der Waals surface area contributed by atoms with E-state index in [1.54, 1.807) is 7.11 Å². The Morgan fingerprint density at radius 2 is 2.27 bits per heavy atom. The predicted octanol–water partition coefficient (Wildman–Crippen LogP) is 1.18. The molecule has 0 radical (unpaired) electrons. The maximum atomic E-state index is 11.1. The van der Waals surface area contributed by atoms with Crippen LogP contribution in [-0.4, -0.2) is 13.0 Å². The van der Waals surface area contributed by atoms with Gasteiger partial charge in [0.25, 0.3) is 0 Å². The van der Waals surface area contributed by atoms with Crippen molar-refractivity contribution in [3.63, 3.8) is 0 Å². The molecule has 15 heavy (non-hydrogen) atoms. The summed E-state index contributed by atoms with van der Waals surface area (Å²) in [6.07, 6.45) is 0.914. The second-order valence-corrected chi connectivity index (χ2v) is 3.62. The average molecular weight is 206 g/mol. The molecule has 1 heterocycles. The van der Waals surface area contributed by atoms with Crippen LogP contribution in [0.5, 0.6) is 0 Å². The molecule has 1 aromatic rings. The van der Waals surface area contributed by atoms with Crippen LogP contribution < -0.4 is 11.1 Å². The highest BCUT2D eigenvalue weighted by Crippen LogP contribution is 2.25. The van der Waals surface area contributed by atoms with Crippen molar-refractivity contribution in [3.05, 3.63) is 29.3 Å². The van der Waals surface area contributed by atoms with Crippen LogP contribution in [0.3, 0.4) is 0 Å². The quantitative estimate of drug-likeness (QED) is 0.714. The first-order valence-corrected chi connectivity index (χ1v) is 4.92. The van der Waals surface area contributed by atoms with Crippen molar-refractivity contribution < 1.29 is 9.53 Å². The molecule has 1 aliphatic heterocycles. The number of hydrogen-bond donors (Lipinski definition) is 2. The molecule has 1 aromatic carbocycles. The molecule has 1 amide bonds. The molecule has 0 spiro atoms. The van der Waals surface area contributed by atoms with Crippen molar-refractivity contribution in [1.29, 1.82) is 0 Å². The van der Waals surface area contributed by atoms with Gasteiger partial charge >= 0.3 is 0 Å². The second kappa shape index (κ2) is 4.00. The lowest BCUT2D eigenvalue weighted by atomic mass is 10.00. The van der Waals surface area contributed by atoms with E-state index in [9.17, 15) is 4.79 Å². The zero-order valence-electron chi connectivity index (χ0n) is 8.62. The third-order valence-electron chi connectivity index (χ3n) is 2.61. The Balaban J connectivity index is 2.30. The van der Waals surface area contributed by atoms with Crippen molar-refractivity contribution >= 4 is 11.6 Å². The van der Waals surface area contributed by atoms with Crippen LogP contribution in [0.2, 0.25) is 0 Å². The van der Waals surface area contributed by atoms with Crippen molar-refractivity contribution in [2.45, 2.75) is 19.1 Å². The lowest BCUT2D eigenvalue weighted by molar-refractivity contribution is -0.116. The molecule has 2 rings (SSSR count). The van der Waals surface area contributed by atoms with Crippen molar-refractivity contribution in [2.24, 2.45) is 5.73 Å². The number of carbonyl (C=O) groups is 1. The molecule has 1 atom stereocenters. The Kier molecular flexibility index (Phi) is 2.70. The van der Waals surface area contributed by atoms with E-state index in [1.165, 1.54) is 0 Å². The number of rotatable bonds is 2. The number of carbonyl (C=O) groups excluding carboxylic acids is 1. The molecule has 4 nitrogen and oxygen atoms in total. The number of nitrogens with two attached hydrogens (primary N) is 1. The van der Waals surface area contributed by atoms with Gasteiger partial charge < -0.3 is 15.8 Å². The van der Waals surface area contributed by atoms with E-state index >= 15 is 0 Å². The lowest BCUT2D eigenvalue weighted by Gasteiger charge is -2.19. The Morgan fingerprint density at radius 1 is 1.47 bits per heavy atom. The van der Waals surface area contributed by atoms with Gasteiger partial charge in [0.1, 0.15) is 6.23 Å². The summed E-state index contributed by atoms with van der Waals surface area (Å²) in [5, 5.41) is 2.82. The van der Waals surface area contributed by atoms with Crippen LogP contribution in [-0.2, 0) is 16.0 Å². The van der Waals surface area contributed by atoms with E-state index in [-0.39, 0.29) is 5.91 Å². The van der Waals surface area contributed by atoms with Crippen molar-refractivity contribution in [2.75, 3.05) is 12.4 Å². The number of benzene rings is 1. The number of ether oxygens (including phenoxy) is 1. The molecular formula is C11H14N2O2. The smallest absolute Gasteiger partial charge is 0.224 e. The summed E-state index contributed by atoms with van der Waals surface area (Å²) in [4.78, 5) is 11.1. The molecule has 0 aromatic heterocycles. The summed E-state index contributed by atoms with van der Waals surface area (Å²) in [5.41, 5.74) is 8.69. The summed E-state index contributed by atoms with van der Waals surface area (Å²) in [5.74, 6) is 0.0753. The van der Waals surface area contributed by atoms with Gasteiger partial charge in [0, 0.05) is 19.2 Å². The molecule has 1 unspecified atom stereocenters. The molecule has 0 aliphatic carbocycles. The molecular weight excluding hydrogens is 192 g/mol. The second-order valence-electron chi connectivity index (χ2n) is 3.62. The third-order valence-corrected chi connectivity index (χ3v) is 2.61. The predicted molar refractivity (Wildman–Crippen MR) is 57.3 cm³/mol. The van der Waals surface area contributed by atoms with Crippen LogP contribution in [0.15, 0.2) is 18.2 Å². The van der Waals surface area contributed by atoms with Gasteiger partial charge in [0.2, 0.25) is 5.91 Å². The van der Waals surface area contributed by atoms with Gasteiger partial charge in [-0.1, -0.05) is 6.07 Å². The monoisotopic (exact) mass is 206 g/mol. The average Bonchev–Trinajstić information content (AvgIpc) is 2.27. The van der Waals surface area contributed by atoms with Gasteiger partial charge in [-0.2, -0.15) is 0 Å². The number of methoxy groups -OCH3 is 1. The fourth-order valence-electron chi connectivity index (χ4n) is 1.72. The lowest BCUT2D eigenvalue weighted by Crippen LogP contribution is -2.20. The van der Waals surface area contributed by atoms with E-state index in [0.29, 0.717) is 6.42 Å². The fraction of sp³-hybridized carbons (Fsp3) is 0.364. The highest BCUT2D eigenvalue weighted by atomic mass is 16.5. The maximum Gasteiger partial charge on any atom is 0.224 e. The van der Waals surface area contributed by atoms with Gasteiger partial charge in [-0.25, -0.2) is 0 Å². The molecule has 0 saturated heterocycles. The molecule has 1 aliphatic rings. The van der Waals surface area contributed by atoms with Crippen LogP contribution in [0.25, 0.3) is 0 Å². The molecule has 0 fully saturated rings. The number of fused-ring (bicyclic) bond motifs is 1. The van der Waals surface area contributed by atoms with Gasteiger partial charge in [-0.15, -0.1) is 0 Å². The third kappa shape index (κ3) is 2.00. The summed E-state index contributed by atoms with van der Waals surface area (Å²) >= 11 is 0. The topological polar surface area (TPSA) is 64.3 Å². The highest BCUT2D eigenvalue weighted by molar-refractivity contribution is 5.93. The number of amides is 1. The molecule has 3 N–H and O–H groups in total. The van der Waals surface area contributed by atoms with Crippen LogP contribution in [0.1, 0.15) is 23.8 Å². The fourth-order valence-corrected chi connectivity index (χ4v) is 1.72. The van der Waals surface area contributed by atoms with Gasteiger partial charge in [0.15, 0.2) is 0 Å². The minimum atomic E-state index is -0.395. The first kappa shape index (κ1) is 10.1. The summed E-state index contributed by atoms with van der Waals surface area (Å²) in [6, 6.07) is 5.74. The Hall–Kier alpha value is -1.39. The van der Waals surface area contributed by atoms with Crippen LogP contribution >= 0.6 is 0 Å². The zero-order chi connectivity index (χ0) is 10.8. The SMILES string of the molecule is COC(N)c1ccc2c(c1)CCC(=O)N2. The summed E-state index contributed by atoms with van der Waals surface area (Å²) < 4.78 is 5.04. The minimum Gasteiger partial charge on any atom is -0.363 e. The Bertz CT molecular complexity index is 390. The molecule has 80 valence electrons. The standard InChI is InChI=1S/C11H14N2O2/c1-15-11(12)8-2-4-9-7(6-8)3-5-10(14)13-9/h2,4,6,11H,3,5,12H2,1H3,(H,13,14). The molecule has 4 heteroatoms. The number of nitrogens with one attached hydrogen (secondary N) is 1. The summed E-state index contributed by atoms with van der Waals surface area (Å²) in [6.45, 7) is 0. The first-order chi connectivity index (χ1) is 7.20. The number of aryl methyl sites for hydroxylation is 1. The largest absolute Gasteiger partial charge is 0.363 e. The number of hydrogen-bond acceptors (Lipinski definition) is 3. The minimum absolute atomic E-state index is 0.0753. The number of anilines is 1. The zero-order valence-corrected chi connectivity index (χ0v) is 8.62. The first-order valence-electron chi connectivity index (χ1n) is 4.92. The van der Waals surface area contributed by atoms with Crippen LogP contribution in [0, 0.1) is 0 Å². The summed E-state index contributed by atoms with van der Waals surface area (Å²) in [7, 11) is 1.58. The van der Waals surface area contributed by atoms with Crippen molar-refractivity contribution in [3.8, 4) is 0 Å². The highest BCUT2D eigenvalue weighted by Gasteiger charge is 2.15. The normalized spacial score (nSPS) is 16.8.